The quantitative estimate of drug-likeness (QED) is 0.332. The maximum Gasteiger partial charge on any atom is 0.338 e. The normalized spacial score (nSPS) is 10.7. The zero-order valence-corrected chi connectivity index (χ0v) is 17.8. The van der Waals surface area contributed by atoms with Crippen LogP contribution in [0.25, 0.3) is 10.8 Å². The van der Waals surface area contributed by atoms with Gasteiger partial charge in [-0.1, -0.05) is 48.5 Å². The summed E-state index contributed by atoms with van der Waals surface area (Å²) in [5.41, 5.74) is 2.87. The molecular weight excluding hydrogens is 405 g/mol. The van der Waals surface area contributed by atoms with Crippen molar-refractivity contribution in [2.45, 2.75) is 20.1 Å². The Balaban J connectivity index is 1.55. The highest BCUT2D eigenvalue weighted by molar-refractivity contribution is 5.90. The average molecular weight is 429 g/mol. The Morgan fingerprint density at radius 1 is 0.906 bits per heavy atom. The van der Waals surface area contributed by atoms with Gasteiger partial charge < -0.3 is 14.8 Å². The van der Waals surface area contributed by atoms with Crippen LogP contribution in [0.5, 0.6) is 5.75 Å². The van der Waals surface area contributed by atoms with Crippen LogP contribution in [0.3, 0.4) is 0 Å². The number of ether oxygens (including phenoxy) is 2. The van der Waals surface area contributed by atoms with Crippen molar-refractivity contribution >= 4 is 22.4 Å². The largest absolute Gasteiger partial charge is 0.488 e. The van der Waals surface area contributed by atoms with E-state index in [0.29, 0.717) is 30.0 Å². The third-order valence-electron chi connectivity index (χ3n) is 5.20. The van der Waals surface area contributed by atoms with E-state index < -0.39 is 0 Å². The van der Waals surface area contributed by atoms with Crippen LogP contribution in [-0.4, -0.2) is 12.6 Å². The first kappa shape index (κ1) is 21.4. The molecule has 4 rings (SSSR count). The molecule has 0 saturated heterocycles. The van der Waals surface area contributed by atoms with Crippen molar-refractivity contribution in [3.05, 3.63) is 107 Å². The summed E-state index contributed by atoms with van der Waals surface area (Å²) in [6.45, 7) is 2.78. The Kier molecular flexibility index (Phi) is 6.66. The molecule has 4 nitrogen and oxygen atoms in total. The van der Waals surface area contributed by atoms with E-state index in [1.807, 2.05) is 48.5 Å². The molecule has 0 atom stereocenters. The first-order valence-electron chi connectivity index (χ1n) is 10.5. The summed E-state index contributed by atoms with van der Waals surface area (Å²) in [5, 5.41) is 5.56. The topological polar surface area (TPSA) is 47.6 Å². The Labute approximate surface area is 186 Å². The summed E-state index contributed by atoms with van der Waals surface area (Å²) in [7, 11) is 0. The van der Waals surface area contributed by atoms with Gasteiger partial charge in [-0.25, -0.2) is 9.18 Å². The molecule has 0 radical (unpaired) electrons. The van der Waals surface area contributed by atoms with Gasteiger partial charge in [0.15, 0.2) is 0 Å². The zero-order valence-electron chi connectivity index (χ0n) is 17.8. The number of rotatable bonds is 8. The van der Waals surface area contributed by atoms with Crippen molar-refractivity contribution in [1.29, 1.82) is 0 Å². The lowest BCUT2D eigenvalue weighted by atomic mass is 10.0. The number of nitrogens with one attached hydrogen (secondary N) is 1. The highest BCUT2D eigenvalue weighted by Crippen LogP contribution is 2.30. The molecule has 0 amide bonds. The molecule has 162 valence electrons. The standard InChI is InChI=1S/C27H24FNO3/c1-2-31-27(30)20-11-14-22(15-12-20)29-17-24-23-9-5-3-7-19(23)13-16-26(24)32-18-21-8-4-6-10-25(21)28/h3-16,29H,2,17-18H2,1H3. The molecule has 0 spiro atoms. The number of halogens is 1. The lowest BCUT2D eigenvalue weighted by molar-refractivity contribution is 0.0526. The number of anilines is 1. The second-order valence-electron chi connectivity index (χ2n) is 7.29. The SMILES string of the molecule is CCOC(=O)c1ccc(NCc2c(OCc3ccccc3F)ccc3ccccc23)cc1. The molecule has 0 aliphatic rings. The van der Waals surface area contributed by atoms with Crippen LogP contribution < -0.4 is 10.1 Å². The maximum absolute atomic E-state index is 14.0. The molecule has 0 saturated carbocycles. The summed E-state index contributed by atoms with van der Waals surface area (Å²) in [6, 6.07) is 25.8. The van der Waals surface area contributed by atoms with E-state index in [1.54, 1.807) is 37.3 Å². The van der Waals surface area contributed by atoms with Gasteiger partial charge in [0.25, 0.3) is 0 Å². The molecule has 0 aromatic heterocycles. The van der Waals surface area contributed by atoms with Crippen molar-refractivity contribution in [2.75, 3.05) is 11.9 Å². The summed E-state index contributed by atoms with van der Waals surface area (Å²) >= 11 is 0. The molecule has 5 heteroatoms. The minimum absolute atomic E-state index is 0.145. The highest BCUT2D eigenvalue weighted by Gasteiger charge is 2.11. The van der Waals surface area contributed by atoms with Gasteiger partial charge in [0.05, 0.1) is 12.2 Å². The number of fused-ring (bicyclic) bond motifs is 1. The van der Waals surface area contributed by atoms with E-state index in [2.05, 4.69) is 5.32 Å². The third-order valence-corrected chi connectivity index (χ3v) is 5.20. The smallest absolute Gasteiger partial charge is 0.338 e. The third kappa shape index (κ3) is 4.89. The fraction of sp³-hybridized carbons (Fsp3) is 0.148. The zero-order chi connectivity index (χ0) is 22.3. The Bertz CT molecular complexity index is 1220. The Morgan fingerprint density at radius 3 is 2.44 bits per heavy atom. The molecule has 32 heavy (non-hydrogen) atoms. The van der Waals surface area contributed by atoms with Gasteiger partial charge >= 0.3 is 5.97 Å². The number of benzene rings is 4. The van der Waals surface area contributed by atoms with Crippen LogP contribution in [0.15, 0.2) is 84.9 Å². The van der Waals surface area contributed by atoms with Gasteiger partial charge in [-0.05, 0) is 54.1 Å². The summed E-state index contributed by atoms with van der Waals surface area (Å²) in [4.78, 5) is 11.9. The van der Waals surface area contributed by atoms with Gasteiger partial charge in [-0.2, -0.15) is 0 Å². The molecule has 4 aromatic rings. The monoisotopic (exact) mass is 429 g/mol. The fourth-order valence-corrected chi connectivity index (χ4v) is 3.53. The predicted octanol–water partition coefficient (Wildman–Crippen LogP) is 6.35. The molecule has 4 aromatic carbocycles. The van der Waals surface area contributed by atoms with Crippen molar-refractivity contribution in [3.63, 3.8) is 0 Å². The van der Waals surface area contributed by atoms with E-state index in [1.165, 1.54) is 6.07 Å². The lowest BCUT2D eigenvalue weighted by Gasteiger charge is -2.16. The minimum Gasteiger partial charge on any atom is -0.488 e. The summed E-state index contributed by atoms with van der Waals surface area (Å²) in [5.74, 6) is 0.0779. The van der Waals surface area contributed by atoms with E-state index >= 15 is 0 Å². The number of carbonyl (C=O) groups is 1. The first-order chi connectivity index (χ1) is 15.7. The molecule has 0 fully saturated rings. The molecule has 0 aliphatic heterocycles. The number of hydrogen-bond acceptors (Lipinski definition) is 4. The van der Waals surface area contributed by atoms with E-state index in [4.69, 9.17) is 9.47 Å². The van der Waals surface area contributed by atoms with Crippen LogP contribution in [0.4, 0.5) is 10.1 Å². The van der Waals surface area contributed by atoms with E-state index in [9.17, 15) is 9.18 Å². The number of hydrogen-bond donors (Lipinski definition) is 1. The maximum atomic E-state index is 14.0. The van der Waals surface area contributed by atoms with Crippen LogP contribution >= 0.6 is 0 Å². The number of esters is 1. The second kappa shape index (κ2) is 9.96. The molecule has 0 bridgehead atoms. The first-order valence-corrected chi connectivity index (χ1v) is 10.5. The van der Waals surface area contributed by atoms with Crippen LogP contribution in [0.2, 0.25) is 0 Å². The van der Waals surface area contributed by atoms with Crippen molar-refractivity contribution in [2.24, 2.45) is 0 Å². The minimum atomic E-state index is -0.336. The molecular formula is C27H24FNO3. The van der Waals surface area contributed by atoms with Crippen LogP contribution in [0.1, 0.15) is 28.4 Å². The van der Waals surface area contributed by atoms with Crippen molar-refractivity contribution in [3.8, 4) is 5.75 Å². The van der Waals surface area contributed by atoms with Gasteiger partial charge in [-0.3, -0.25) is 0 Å². The van der Waals surface area contributed by atoms with Crippen molar-refractivity contribution in [1.82, 2.24) is 0 Å². The molecule has 0 aliphatic carbocycles. The Hall–Kier alpha value is -3.86. The van der Waals surface area contributed by atoms with Crippen LogP contribution in [-0.2, 0) is 17.9 Å². The second-order valence-corrected chi connectivity index (χ2v) is 7.29. The van der Waals surface area contributed by atoms with Gasteiger partial charge in [-0.15, -0.1) is 0 Å². The van der Waals surface area contributed by atoms with Gasteiger partial charge in [0, 0.05) is 23.4 Å². The number of carbonyl (C=O) groups excluding carboxylic acids is 1. The van der Waals surface area contributed by atoms with Gasteiger partial charge in [0.2, 0.25) is 0 Å². The molecule has 1 N–H and O–H groups in total. The predicted molar refractivity (Wildman–Crippen MR) is 124 cm³/mol. The van der Waals surface area contributed by atoms with E-state index in [-0.39, 0.29) is 18.4 Å². The lowest BCUT2D eigenvalue weighted by Crippen LogP contribution is -2.06. The summed E-state index contributed by atoms with van der Waals surface area (Å²) < 4.78 is 25.1. The van der Waals surface area contributed by atoms with Gasteiger partial charge in [0.1, 0.15) is 18.2 Å². The fourth-order valence-electron chi connectivity index (χ4n) is 3.53. The highest BCUT2D eigenvalue weighted by atomic mass is 19.1. The molecule has 0 heterocycles. The van der Waals surface area contributed by atoms with Crippen molar-refractivity contribution < 1.29 is 18.7 Å². The Morgan fingerprint density at radius 2 is 1.66 bits per heavy atom. The molecule has 0 unspecified atom stereocenters. The summed E-state index contributed by atoms with van der Waals surface area (Å²) in [6.07, 6.45) is 0. The van der Waals surface area contributed by atoms with Crippen LogP contribution in [0, 0.1) is 5.82 Å². The van der Waals surface area contributed by atoms with E-state index in [0.717, 1.165) is 22.0 Å². The average Bonchev–Trinajstić information content (AvgIpc) is 2.83.